The van der Waals surface area contributed by atoms with E-state index in [1.54, 1.807) is 17.6 Å². The highest BCUT2D eigenvalue weighted by Gasteiger charge is 2.26. The number of aromatic nitrogens is 2. The van der Waals surface area contributed by atoms with Crippen LogP contribution in [0.5, 0.6) is 0 Å². The van der Waals surface area contributed by atoms with Gasteiger partial charge in [-0.25, -0.2) is 4.98 Å². The van der Waals surface area contributed by atoms with Gasteiger partial charge in [-0.15, -0.1) is 11.3 Å². The fraction of sp³-hybridized carbons (Fsp3) is 0.389. The SMILES string of the molecule is Cc1ccsc1-c1nccn1CC(c1ccco1)N1CCCC1. The van der Waals surface area contributed by atoms with Crippen molar-refractivity contribution in [2.45, 2.75) is 32.4 Å². The molecule has 0 radical (unpaired) electrons. The lowest BCUT2D eigenvalue weighted by atomic mass is 10.2. The lowest BCUT2D eigenvalue weighted by Crippen LogP contribution is -2.29. The van der Waals surface area contributed by atoms with Crippen LogP contribution in [0.1, 0.15) is 30.2 Å². The van der Waals surface area contributed by atoms with Gasteiger partial charge in [0.1, 0.15) is 11.6 Å². The number of thiophene rings is 1. The topological polar surface area (TPSA) is 34.2 Å². The van der Waals surface area contributed by atoms with Crippen LogP contribution < -0.4 is 0 Å². The van der Waals surface area contributed by atoms with E-state index in [0.29, 0.717) is 0 Å². The number of aryl methyl sites for hydroxylation is 1. The van der Waals surface area contributed by atoms with E-state index in [4.69, 9.17) is 4.42 Å². The summed E-state index contributed by atoms with van der Waals surface area (Å²) < 4.78 is 8.01. The van der Waals surface area contributed by atoms with E-state index in [9.17, 15) is 0 Å². The van der Waals surface area contributed by atoms with Crippen LogP contribution in [0, 0.1) is 6.92 Å². The summed E-state index contributed by atoms with van der Waals surface area (Å²) in [6, 6.07) is 6.51. The minimum absolute atomic E-state index is 0.278. The molecule has 4 nitrogen and oxygen atoms in total. The standard InChI is InChI=1S/C18H21N3OS/c1-14-6-12-23-17(14)18-19-7-10-21(18)13-15(16-5-4-11-22-16)20-8-2-3-9-20/h4-7,10-12,15H,2-3,8-9,13H2,1H3. The molecule has 120 valence electrons. The maximum atomic E-state index is 5.74. The van der Waals surface area contributed by atoms with Gasteiger partial charge in [0, 0.05) is 18.9 Å². The molecule has 1 unspecified atom stereocenters. The van der Waals surface area contributed by atoms with Gasteiger partial charge in [0.15, 0.2) is 0 Å². The van der Waals surface area contributed by atoms with Crippen LogP contribution in [0.3, 0.4) is 0 Å². The molecule has 1 saturated heterocycles. The van der Waals surface area contributed by atoms with Crippen molar-refractivity contribution in [3.8, 4) is 10.7 Å². The summed E-state index contributed by atoms with van der Waals surface area (Å²) in [6.07, 6.45) is 8.31. The van der Waals surface area contributed by atoms with Gasteiger partial charge in [0.25, 0.3) is 0 Å². The smallest absolute Gasteiger partial charge is 0.150 e. The number of hydrogen-bond donors (Lipinski definition) is 0. The van der Waals surface area contributed by atoms with Crippen molar-refractivity contribution in [3.63, 3.8) is 0 Å². The Balaban J connectivity index is 1.65. The Hall–Kier alpha value is -1.85. The van der Waals surface area contributed by atoms with Gasteiger partial charge in [0.2, 0.25) is 0 Å². The summed E-state index contributed by atoms with van der Waals surface area (Å²) in [4.78, 5) is 8.40. The maximum Gasteiger partial charge on any atom is 0.150 e. The van der Waals surface area contributed by atoms with Gasteiger partial charge in [-0.05, 0) is 62.0 Å². The minimum atomic E-state index is 0.278. The molecule has 4 heterocycles. The maximum absolute atomic E-state index is 5.74. The summed E-state index contributed by atoms with van der Waals surface area (Å²) in [7, 11) is 0. The molecule has 1 atom stereocenters. The molecule has 0 aliphatic carbocycles. The van der Waals surface area contributed by atoms with Gasteiger partial charge in [-0.3, -0.25) is 4.90 Å². The average molecular weight is 327 g/mol. The number of likely N-dealkylation sites (tertiary alicyclic amines) is 1. The van der Waals surface area contributed by atoms with E-state index in [0.717, 1.165) is 31.2 Å². The monoisotopic (exact) mass is 327 g/mol. The Bertz CT molecular complexity index is 753. The van der Waals surface area contributed by atoms with Gasteiger partial charge in [0.05, 0.1) is 17.2 Å². The molecule has 3 aromatic heterocycles. The molecule has 1 aliphatic rings. The molecule has 5 heteroatoms. The largest absolute Gasteiger partial charge is 0.468 e. The zero-order valence-corrected chi connectivity index (χ0v) is 14.1. The number of imidazole rings is 1. The van der Waals surface area contributed by atoms with Crippen molar-refractivity contribution in [2.75, 3.05) is 13.1 Å². The molecule has 0 N–H and O–H groups in total. The summed E-state index contributed by atoms with van der Waals surface area (Å²) in [5.41, 5.74) is 1.29. The number of nitrogens with zero attached hydrogens (tertiary/aromatic N) is 3. The number of hydrogen-bond acceptors (Lipinski definition) is 4. The Morgan fingerprint density at radius 1 is 1.30 bits per heavy atom. The Kier molecular flexibility index (Phi) is 4.06. The predicted molar refractivity (Wildman–Crippen MR) is 92.5 cm³/mol. The van der Waals surface area contributed by atoms with Gasteiger partial charge in [-0.2, -0.15) is 0 Å². The average Bonchev–Trinajstić information content (AvgIpc) is 3.32. The van der Waals surface area contributed by atoms with E-state index in [-0.39, 0.29) is 6.04 Å². The van der Waals surface area contributed by atoms with Crippen LogP contribution >= 0.6 is 11.3 Å². The van der Waals surface area contributed by atoms with Crippen LogP contribution in [-0.4, -0.2) is 27.5 Å². The van der Waals surface area contributed by atoms with E-state index >= 15 is 0 Å². The summed E-state index contributed by atoms with van der Waals surface area (Å²) in [6.45, 7) is 5.32. The van der Waals surface area contributed by atoms with E-state index in [2.05, 4.69) is 45.1 Å². The molecule has 3 aromatic rings. The molecule has 4 rings (SSSR count). The Morgan fingerprint density at radius 2 is 2.17 bits per heavy atom. The fourth-order valence-corrected chi connectivity index (χ4v) is 4.31. The van der Waals surface area contributed by atoms with Crippen LogP contribution in [0.4, 0.5) is 0 Å². The van der Waals surface area contributed by atoms with Gasteiger partial charge < -0.3 is 8.98 Å². The van der Waals surface area contributed by atoms with Crippen molar-refractivity contribution in [1.82, 2.24) is 14.5 Å². The zero-order chi connectivity index (χ0) is 15.6. The van der Waals surface area contributed by atoms with Crippen LogP contribution in [0.2, 0.25) is 0 Å². The van der Waals surface area contributed by atoms with E-state index in [1.807, 2.05) is 12.3 Å². The third-order valence-corrected chi connectivity index (χ3v) is 5.62. The van der Waals surface area contributed by atoms with Gasteiger partial charge in [-0.1, -0.05) is 0 Å². The van der Waals surface area contributed by atoms with Crippen molar-refractivity contribution < 1.29 is 4.42 Å². The molecule has 0 spiro atoms. The highest BCUT2D eigenvalue weighted by molar-refractivity contribution is 7.13. The first-order valence-electron chi connectivity index (χ1n) is 8.16. The Morgan fingerprint density at radius 3 is 2.87 bits per heavy atom. The lowest BCUT2D eigenvalue weighted by molar-refractivity contribution is 0.194. The normalized spacial score (nSPS) is 16.9. The highest BCUT2D eigenvalue weighted by atomic mass is 32.1. The van der Waals surface area contributed by atoms with E-state index in [1.165, 1.54) is 23.3 Å². The molecule has 23 heavy (non-hydrogen) atoms. The molecule has 1 fully saturated rings. The van der Waals surface area contributed by atoms with Crippen molar-refractivity contribution >= 4 is 11.3 Å². The number of furan rings is 1. The van der Waals surface area contributed by atoms with Gasteiger partial charge >= 0.3 is 0 Å². The lowest BCUT2D eigenvalue weighted by Gasteiger charge is -2.26. The van der Waals surface area contributed by atoms with Crippen LogP contribution in [-0.2, 0) is 6.54 Å². The van der Waals surface area contributed by atoms with Crippen LogP contribution in [0.15, 0.2) is 46.7 Å². The molecule has 0 bridgehead atoms. The van der Waals surface area contributed by atoms with Crippen molar-refractivity contribution in [2.24, 2.45) is 0 Å². The second-order valence-corrected chi connectivity index (χ2v) is 7.03. The first kappa shape index (κ1) is 14.7. The minimum Gasteiger partial charge on any atom is -0.468 e. The molecule has 0 amide bonds. The molecule has 0 saturated carbocycles. The van der Waals surface area contributed by atoms with Crippen LogP contribution in [0.25, 0.3) is 10.7 Å². The quantitative estimate of drug-likeness (QED) is 0.698. The second kappa shape index (κ2) is 6.34. The third kappa shape index (κ3) is 2.86. The number of rotatable bonds is 5. The van der Waals surface area contributed by atoms with Crippen molar-refractivity contribution in [1.29, 1.82) is 0 Å². The molecule has 0 aromatic carbocycles. The zero-order valence-electron chi connectivity index (χ0n) is 13.3. The van der Waals surface area contributed by atoms with Crippen molar-refractivity contribution in [3.05, 3.63) is 53.6 Å². The van der Waals surface area contributed by atoms with E-state index < -0.39 is 0 Å². The highest BCUT2D eigenvalue weighted by Crippen LogP contribution is 2.31. The molecular weight excluding hydrogens is 306 g/mol. The third-order valence-electron chi connectivity index (χ3n) is 4.60. The summed E-state index contributed by atoms with van der Waals surface area (Å²) in [5.74, 6) is 2.11. The molecule has 1 aliphatic heterocycles. The first-order valence-corrected chi connectivity index (χ1v) is 9.04. The summed E-state index contributed by atoms with van der Waals surface area (Å²) >= 11 is 1.76. The first-order chi connectivity index (χ1) is 11.3. The predicted octanol–water partition coefficient (Wildman–Crippen LogP) is 4.35. The second-order valence-electron chi connectivity index (χ2n) is 6.11. The summed E-state index contributed by atoms with van der Waals surface area (Å²) in [5, 5.41) is 2.13. The molecular formula is C18H21N3OS. The Labute approximate surface area is 140 Å². The fourth-order valence-electron chi connectivity index (χ4n) is 3.37.